The van der Waals surface area contributed by atoms with E-state index in [2.05, 4.69) is 4.98 Å². The molecule has 0 spiro atoms. The number of hydrogen-bond acceptors (Lipinski definition) is 3. The molecule has 1 atom stereocenters. The Kier molecular flexibility index (Phi) is 3.62. The third-order valence-electron chi connectivity index (χ3n) is 2.58. The largest absolute Gasteiger partial charge is 0.292 e. The zero-order valence-electron chi connectivity index (χ0n) is 9.68. The third kappa shape index (κ3) is 2.47. The Labute approximate surface area is 108 Å². The van der Waals surface area contributed by atoms with Gasteiger partial charge in [-0.15, -0.1) is 0 Å². The van der Waals surface area contributed by atoms with Gasteiger partial charge in [0, 0.05) is 6.20 Å². The van der Waals surface area contributed by atoms with Crippen molar-refractivity contribution in [3.8, 4) is 6.07 Å². The number of rotatable bonds is 3. The van der Waals surface area contributed by atoms with Crippen LogP contribution in [0.25, 0.3) is 0 Å². The van der Waals surface area contributed by atoms with Crippen molar-refractivity contribution in [3.63, 3.8) is 0 Å². The van der Waals surface area contributed by atoms with E-state index in [0.29, 0.717) is 0 Å². The van der Waals surface area contributed by atoms with E-state index >= 15 is 0 Å². The number of Topliss-reactive ketones (excluding diaryl/α,β-unsaturated/α-hetero) is 1. The van der Waals surface area contributed by atoms with Gasteiger partial charge in [-0.1, -0.05) is 12.1 Å². The summed E-state index contributed by atoms with van der Waals surface area (Å²) in [5.74, 6) is -4.23. The Morgan fingerprint density at radius 1 is 1.16 bits per heavy atom. The second-order valence-electron chi connectivity index (χ2n) is 3.78. The molecule has 5 heteroatoms. The molecule has 0 saturated heterocycles. The van der Waals surface area contributed by atoms with Crippen molar-refractivity contribution in [2.45, 2.75) is 5.92 Å². The summed E-state index contributed by atoms with van der Waals surface area (Å²) < 4.78 is 27.0. The first-order chi connectivity index (χ1) is 9.15. The SMILES string of the molecule is N#CC(C(=O)c1c(F)cccc1F)c1ccccn1. The Hall–Kier alpha value is -2.61. The summed E-state index contributed by atoms with van der Waals surface area (Å²) in [6.07, 6.45) is 1.41. The lowest BCUT2D eigenvalue weighted by Gasteiger charge is -2.09. The predicted octanol–water partition coefficient (Wildman–Crippen LogP) is 2.85. The quantitative estimate of drug-likeness (QED) is 0.795. The molecule has 0 N–H and O–H groups in total. The molecule has 0 saturated carbocycles. The van der Waals surface area contributed by atoms with Crippen LogP contribution in [0.2, 0.25) is 0 Å². The lowest BCUT2D eigenvalue weighted by molar-refractivity contribution is 0.0969. The van der Waals surface area contributed by atoms with Crippen LogP contribution in [0.1, 0.15) is 22.0 Å². The summed E-state index contributed by atoms with van der Waals surface area (Å²) >= 11 is 0. The minimum Gasteiger partial charge on any atom is -0.292 e. The molecule has 0 aliphatic heterocycles. The molecule has 0 radical (unpaired) electrons. The summed E-state index contributed by atoms with van der Waals surface area (Å²) in [5.41, 5.74) is -0.544. The first kappa shape index (κ1) is 12.8. The van der Waals surface area contributed by atoms with E-state index in [1.807, 2.05) is 0 Å². The van der Waals surface area contributed by atoms with E-state index < -0.39 is 28.9 Å². The van der Waals surface area contributed by atoms with Crippen LogP contribution in [0.5, 0.6) is 0 Å². The molecule has 0 aliphatic carbocycles. The van der Waals surface area contributed by atoms with Gasteiger partial charge in [0.05, 0.1) is 17.3 Å². The number of carbonyl (C=O) groups is 1. The molecule has 94 valence electrons. The van der Waals surface area contributed by atoms with Gasteiger partial charge in [0.25, 0.3) is 0 Å². The van der Waals surface area contributed by atoms with Crippen molar-refractivity contribution in [1.29, 1.82) is 5.26 Å². The summed E-state index contributed by atoms with van der Waals surface area (Å²) in [6.45, 7) is 0. The number of ketones is 1. The van der Waals surface area contributed by atoms with E-state index in [4.69, 9.17) is 5.26 Å². The van der Waals surface area contributed by atoms with E-state index in [-0.39, 0.29) is 5.69 Å². The van der Waals surface area contributed by atoms with Gasteiger partial charge in [0.2, 0.25) is 0 Å². The van der Waals surface area contributed by atoms with Gasteiger partial charge in [-0.2, -0.15) is 5.26 Å². The average molecular weight is 258 g/mol. The number of carbonyl (C=O) groups excluding carboxylic acids is 1. The maximum absolute atomic E-state index is 13.5. The van der Waals surface area contributed by atoms with Gasteiger partial charge in [0.15, 0.2) is 11.7 Å². The lowest BCUT2D eigenvalue weighted by Crippen LogP contribution is -2.15. The van der Waals surface area contributed by atoms with Crippen LogP contribution < -0.4 is 0 Å². The Bertz CT molecular complexity index is 630. The number of aromatic nitrogens is 1. The minimum atomic E-state index is -1.33. The van der Waals surface area contributed by atoms with E-state index in [9.17, 15) is 13.6 Å². The molecule has 2 aromatic rings. The zero-order chi connectivity index (χ0) is 13.8. The van der Waals surface area contributed by atoms with Gasteiger partial charge in [-0.05, 0) is 24.3 Å². The molecule has 2 rings (SSSR count). The fourth-order valence-corrected chi connectivity index (χ4v) is 1.68. The highest BCUT2D eigenvalue weighted by Crippen LogP contribution is 2.22. The number of benzene rings is 1. The number of pyridine rings is 1. The summed E-state index contributed by atoms with van der Waals surface area (Å²) in [5, 5.41) is 9.04. The van der Waals surface area contributed by atoms with Crippen LogP contribution >= 0.6 is 0 Å². The Morgan fingerprint density at radius 2 is 1.84 bits per heavy atom. The number of nitrogens with zero attached hydrogens (tertiary/aromatic N) is 2. The molecule has 19 heavy (non-hydrogen) atoms. The van der Waals surface area contributed by atoms with Crippen LogP contribution in [-0.2, 0) is 0 Å². The standard InChI is InChI=1S/C14H8F2N2O/c15-10-4-3-5-11(16)13(10)14(19)9(8-17)12-6-1-2-7-18-12/h1-7,9H. The molecule has 0 fully saturated rings. The molecule has 0 bridgehead atoms. The van der Waals surface area contributed by atoms with Gasteiger partial charge < -0.3 is 0 Å². The van der Waals surface area contributed by atoms with E-state index in [0.717, 1.165) is 18.2 Å². The topological polar surface area (TPSA) is 53.8 Å². The highest BCUT2D eigenvalue weighted by molar-refractivity contribution is 6.02. The lowest BCUT2D eigenvalue weighted by atomic mass is 9.94. The molecule has 1 aromatic heterocycles. The third-order valence-corrected chi connectivity index (χ3v) is 2.58. The van der Waals surface area contributed by atoms with Crippen LogP contribution in [0.15, 0.2) is 42.6 Å². The van der Waals surface area contributed by atoms with Gasteiger partial charge >= 0.3 is 0 Å². The van der Waals surface area contributed by atoms with Crippen LogP contribution in [0, 0.1) is 23.0 Å². The molecule has 1 aromatic carbocycles. The minimum absolute atomic E-state index is 0.164. The van der Waals surface area contributed by atoms with Crippen LogP contribution in [0.3, 0.4) is 0 Å². The van der Waals surface area contributed by atoms with Crippen molar-refractivity contribution >= 4 is 5.78 Å². The molecular weight excluding hydrogens is 250 g/mol. The fourth-order valence-electron chi connectivity index (χ4n) is 1.68. The highest BCUT2D eigenvalue weighted by atomic mass is 19.1. The van der Waals surface area contributed by atoms with Crippen molar-refractivity contribution in [1.82, 2.24) is 4.98 Å². The smallest absolute Gasteiger partial charge is 0.191 e. The number of hydrogen-bond donors (Lipinski definition) is 0. The molecular formula is C14H8F2N2O. The maximum Gasteiger partial charge on any atom is 0.191 e. The summed E-state index contributed by atoms with van der Waals surface area (Å²) in [6, 6.07) is 9.51. The Balaban J connectivity index is 2.46. The fraction of sp³-hybridized carbons (Fsp3) is 0.0714. The van der Waals surface area contributed by atoms with Gasteiger partial charge in [0.1, 0.15) is 11.6 Å². The summed E-state index contributed by atoms with van der Waals surface area (Å²) in [4.78, 5) is 15.9. The van der Waals surface area contributed by atoms with E-state index in [1.54, 1.807) is 18.2 Å². The molecule has 0 aliphatic rings. The van der Waals surface area contributed by atoms with Crippen LogP contribution in [-0.4, -0.2) is 10.8 Å². The summed E-state index contributed by atoms with van der Waals surface area (Å²) in [7, 11) is 0. The monoisotopic (exact) mass is 258 g/mol. The normalized spacial score (nSPS) is 11.6. The molecule has 1 heterocycles. The number of nitriles is 1. The van der Waals surface area contributed by atoms with Gasteiger partial charge in [-0.3, -0.25) is 9.78 Å². The molecule has 1 unspecified atom stereocenters. The van der Waals surface area contributed by atoms with Crippen molar-refractivity contribution < 1.29 is 13.6 Å². The zero-order valence-corrected chi connectivity index (χ0v) is 9.68. The average Bonchev–Trinajstić information content (AvgIpc) is 2.40. The maximum atomic E-state index is 13.5. The van der Waals surface area contributed by atoms with Crippen LogP contribution in [0.4, 0.5) is 8.78 Å². The van der Waals surface area contributed by atoms with Crippen molar-refractivity contribution in [3.05, 3.63) is 65.5 Å². The van der Waals surface area contributed by atoms with Crippen molar-refractivity contribution in [2.24, 2.45) is 0 Å². The molecule has 3 nitrogen and oxygen atoms in total. The van der Waals surface area contributed by atoms with Crippen molar-refractivity contribution in [2.75, 3.05) is 0 Å². The first-order valence-electron chi connectivity index (χ1n) is 5.44. The highest BCUT2D eigenvalue weighted by Gasteiger charge is 2.27. The van der Waals surface area contributed by atoms with E-state index in [1.165, 1.54) is 12.3 Å². The van der Waals surface area contributed by atoms with Gasteiger partial charge in [-0.25, -0.2) is 8.78 Å². The number of halogens is 2. The molecule has 0 amide bonds. The Morgan fingerprint density at radius 3 is 2.37 bits per heavy atom. The predicted molar refractivity (Wildman–Crippen MR) is 63.3 cm³/mol. The second kappa shape index (κ2) is 5.36. The second-order valence-corrected chi connectivity index (χ2v) is 3.78. The first-order valence-corrected chi connectivity index (χ1v) is 5.44.